The first-order valence-electron chi connectivity index (χ1n) is 6.22. The van der Waals surface area contributed by atoms with Crippen molar-refractivity contribution in [1.82, 2.24) is 9.55 Å². The van der Waals surface area contributed by atoms with Gasteiger partial charge in [-0.15, -0.1) is 0 Å². The predicted molar refractivity (Wildman–Crippen MR) is 77.4 cm³/mol. The van der Waals surface area contributed by atoms with Gasteiger partial charge in [-0.1, -0.05) is 47.2 Å². The molecule has 2 aromatic rings. The van der Waals surface area contributed by atoms with Crippen LogP contribution in [0, 0.1) is 0 Å². The Kier molecular flexibility index (Phi) is 3.55. The number of hydrogen-bond acceptors (Lipinski definition) is 4. The second kappa shape index (κ2) is 5.48. The maximum Gasteiger partial charge on any atom is 0.168 e. The van der Waals surface area contributed by atoms with Crippen molar-refractivity contribution in [1.29, 1.82) is 0 Å². The first kappa shape index (κ1) is 12.3. The zero-order valence-electron chi connectivity index (χ0n) is 10.7. The van der Waals surface area contributed by atoms with Crippen molar-refractivity contribution in [2.75, 3.05) is 12.4 Å². The summed E-state index contributed by atoms with van der Waals surface area (Å²) in [5.41, 5.74) is 3.42. The van der Waals surface area contributed by atoms with E-state index in [1.54, 1.807) is 11.8 Å². The molecule has 0 atom stereocenters. The van der Waals surface area contributed by atoms with Crippen LogP contribution in [-0.2, 0) is 11.9 Å². The molecule has 0 aliphatic carbocycles. The van der Waals surface area contributed by atoms with E-state index in [2.05, 4.69) is 26.8 Å². The van der Waals surface area contributed by atoms with Crippen molar-refractivity contribution in [3.8, 4) is 11.3 Å². The molecule has 0 saturated carbocycles. The minimum absolute atomic E-state index is 0.714. The van der Waals surface area contributed by atoms with Crippen molar-refractivity contribution in [2.45, 2.75) is 11.6 Å². The molecule has 19 heavy (non-hydrogen) atoms. The molecule has 1 aromatic heterocycles. The van der Waals surface area contributed by atoms with Crippen LogP contribution in [0.25, 0.3) is 11.3 Å². The minimum atomic E-state index is 0.714. The highest BCUT2D eigenvalue weighted by Gasteiger charge is 2.12. The van der Waals surface area contributed by atoms with E-state index in [1.807, 2.05) is 31.4 Å². The molecule has 0 unspecified atom stereocenters. The molecule has 1 aliphatic rings. The Morgan fingerprint density at radius 2 is 2.16 bits per heavy atom. The number of rotatable bonds is 4. The number of oxime groups is 1. The van der Waals surface area contributed by atoms with E-state index in [-0.39, 0.29) is 0 Å². The summed E-state index contributed by atoms with van der Waals surface area (Å²) in [6.07, 6.45) is 2.85. The Morgan fingerprint density at radius 1 is 1.32 bits per heavy atom. The molecule has 0 spiro atoms. The zero-order valence-corrected chi connectivity index (χ0v) is 11.6. The first-order valence-corrected chi connectivity index (χ1v) is 7.21. The molecule has 2 heterocycles. The van der Waals surface area contributed by atoms with Crippen molar-refractivity contribution in [3.63, 3.8) is 0 Å². The summed E-state index contributed by atoms with van der Waals surface area (Å²) in [4.78, 5) is 9.48. The lowest BCUT2D eigenvalue weighted by Crippen LogP contribution is -2.01. The first-order chi connectivity index (χ1) is 9.34. The summed E-state index contributed by atoms with van der Waals surface area (Å²) >= 11 is 1.70. The molecular weight excluding hydrogens is 258 g/mol. The molecule has 0 fully saturated rings. The van der Waals surface area contributed by atoms with Gasteiger partial charge in [0.25, 0.3) is 0 Å². The Morgan fingerprint density at radius 3 is 2.89 bits per heavy atom. The van der Waals surface area contributed by atoms with Crippen molar-refractivity contribution in [2.24, 2.45) is 12.2 Å². The average Bonchev–Trinajstić information content (AvgIpc) is 3.07. The van der Waals surface area contributed by atoms with Crippen LogP contribution in [0.1, 0.15) is 6.42 Å². The van der Waals surface area contributed by atoms with E-state index in [0.717, 1.165) is 28.7 Å². The van der Waals surface area contributed by atoms with Crippen LogP contribution in [0.15, 0.2) is 46.8 Å². The van der Waals surface area contributed by atoms with Crippen LogP contribution in [0.3, 0.4) is 0 Å². The van der Waals surface area contributed by atoms with Gasteiger partial charge >= 0.3 is 0 Å². The summed E-state index contributed by atoms with van der Waals surface area (Å²) in [6, 6.07) is 10.3. The summed E-state index contributed by atoms with van der Waals surface area (Å²) in [5, 5.41) is 5.01. The van der Waals surface area contributed by atoms with Gasteiger partial charge in [-0.3, -0.25) is 0 Å². The normalized spacial score (nSPS) is 14.3. The third kappa shape index (κ3) is 2.66. The minimum Gasteiger partial charge on any atom is -0.395 e. The van der Waals surface area contributed by atoms with Gasteiger partial charge in [-0.2, -0.15) is 0 Å². The highest BCUT2D eigenvalue weighted by atomic mass is 32.2. The Balaban J connectivity index is 1.75. The number of thioether (sulfide) groups is 1. The molecule has 0 N–H and O–H groups in total. The lowest BCUT2D eigenvalue weighted by atomic mass is 10.2. The molecule has 98 valence electrons. The van der Waals surface area contributed by atoms with Crippen LogP contribution in [0.2, 0.25) is 0 Å². The third-order valence-electron chi connectivity index (χ3n) is 3.06. The lowest BCUT2D eigenvalue weighted by Gasteiger charge is -2.05. The van der Waals surface area contributed by atoms with Gasteiger partial charge in [0, 0.05) is 19.2 Å². The fraction of sp³-hybridized carbons (Fsp3) is 0.286. The maximum absolute atomic E-state index is 5.00. The second-order valence-corrected chi connectivity index (χ2v) is 5.32. The van der Waals surface area contributed by atoms with Gasteiger partial charge in [-0.05, 0) is 5.56 Å². The van der Waals surface area contributed by atoms with Crippen molar-refractivity contribution in [3.05, 3.63) is 36.5 Å². The van der Waals surface area contributed by atoms with E-state index >= 15 is 0 Å². The van der Waals surface area contributed by atoms with E-state index in [0.29, 0.717) is 6.61 Å². The van der Waals surface area contributed by atoms with E-state index in [9.17, 15) is 0 Å². The van der Waals surface area contributed by atoms with Crippen molar-refractivity contribution < 1.29 is 4.84 Å². The monoisotopic (exact) mass is 273 g/mol. The van der Waals surface area contributed by atoms with E-state index in [4.69, 9.17) is 4.84 Å². The number of imidazole rings is 1. The number of benzene rings is 1. The van der Waals surface area contributed by atoms with Gasteiger partial charge in [-0.25, -0.2) is 4.98 Å². The third-order valence-corrected chi connectivity index (χ3v) is 4.17. The maximum atomic E-state index is 5.00. The SMILES string of the molecule is Cn1c(-c2ccccc2)cnc1SCC1=NOCC1. The van der Waals surface area contributed by atoms with Crippen molar-refractivity contribution >= 4 is 17.5 Å². The van der Waals surface area contributed by atoms with Gasteiger partial charge in [0.1, 0.15) is 6.61 Å². The molecule has 0 amide bonds. The van der Waals surface area contributed by atoms with Gasteiger partial charge in [0.15, 0.2) is 5.16 Å². The van der Waals surface area contributed by atoms with Crippen LogP contribution >= 0.6 is 11.8 Å². The van der Waals surface area contributed by atoms with Crippen LogP contribution < -0.4 is 0 Å². The number of aromatic nitrogens is 2. The van der Waals surface area contributed by atoms with Gasteiger partial charge < -0.3 is 9.40 Å². The molecule has 3 rings (SSSR count). The summed E-state index contributed by atoms with van der Waals surface area (Å²) in [6.45, 7) is 0.714. The highest BCUT2D eigenvalue weighted by molar-refractivity contribution is 7.99. The molecular formula is C14H15N3OS. The molecule has 4 nitrogen and oxygen atoms in total. The van der Waals surface area contributed by atoms with E-state index < -0.39 is 0 Å². The van der Waals surface area contributed by atoms with Crippen LogP contribution in [0.5, 0.6) is 0 Å². The number of nitrogens with zero attached hydrogens (tertiary/aromatic N) is 3. The summed E-state index contributed by atoms with van der Waals surface area (Å²) in [5.74, 6) is 0.846. The zero-order chi connectivity index (χ0) is 13.1. The fourth-order valence-electron chi connectivity index (χ4n) is 2.00. The topological polar surface area (TPSA) is 39.4 Å². The molecule has 5 heteroatoms. The van der Waals surface area contributed by atoms with Crippen LogP contribution in [0.4, 0.5) is 0 Å². The lowest BCUT2D eigenvalue weighted by molar-refractivity contribution is 0.173. The molecule has 0 saturated heterocycles. The predicted octanol–water partition coefficient (Wildman–Crippen LogP) is 2.96. The number of hydrogen-bond donors (Lipinski definition) is 0. The average molecular weight is 273 g/mol. The summed E-state index contributed by atoms with van der Waals surface area (Å²) in [7, 11) is 2.05. The smallest absolute Gasteiger partial charge is 0.168 e. The highest BCUT2D eigenvalue weighted by Crippen LogP contribution is 2.25. The van der Waals surface area contributed by atoms with Gasteiger partial charge in [0.05, 0.1) is 17.6 Å². The largest absolute Gasteiger partial charge is 0.395 e. The molecule has 1 aromatic carbocycles. The Hall–Kier alpha value is -1.75. The van der Waals surface area contributed by atoms with Gasteiger partial charge in [0.2, 0.25) is 0 Å². The summed E-state index contributed by atoms with van der Waals surface area (Å²) < 4.78 is 2.12. The quantitative estimate of drug-likeness (QED) is 0.804. The molecule has 0 radical (unpaired) electrons. The second-order valence-electron chi connectivity index (χ2n) is 4.38. The molecule has 1 aliphatic heterocycles. The standard InChI is InChI=1S/C14H15N3OS/c1-17-13(11-5-3-2-4-6-11)9-15-14(17)19-10-12-7-8-18-16-12/h2-6,9H,7-8,10H2,1H3. The fourth-order valence-corrected chi connectivity index (χ4v) is 2.91. The van der Waals surface area contributed by atoms with E-state index in [1.165, 1.54) is 5.56 Å². The Bertz CT molecular complexity index is 592. The van der Waals surface area contributed by atoms with Crippen LogP contribution in [-0.4, -0.2) is 27.6 Å². The Labute approximate surface area is 116 Å². The molecule has 0 bridgehead atoms.